The number of aromatic nitrogens is 4. The Morgan fingerprint density at radius 2 is 2.03 bits per heavy atom. The van der Waals surface area contributed by atoms with Gasteiger partial charge in [0.15, 0.2) is 5.82 Å². The molecule has 3 heterocycles. The Bertz CT molecular complexity index is 1000. The Morgan fingerprint density at radius 3 is 2.72 bits per heavy atom. The van der Waals surface area contributed by atoms with Crippen molar-refractivity contribution in [3.05, 3.63) is 42.7 Å². The number of hydrogen-bond acceptors (Lipinski definition) is 6. The molecule has 7 heteroatoms. The van der Waals surface area contributed by atoms with E-state index in [0.29, 0.717) is 17.3 Å². The number of nitrogens with one attached hydrogen (secondary N) is 2. The Morgan fingerprint density at radius 1 is 1.16 bits per heavy atom. The summed E-state index contributed by atoms with van der Waals surface area (Å²) < 4.78 is 0. The summed E-state index contributed by atoms with van der Waals surface area (Å²) in [5.41, 5.74) is 3.34. The Kier molecular flexibility index (Phi) is 6.74. The molecule has 3 N–H and O–H groups in total. The monoisotopic (exact) mass is 434 g/mol. The molecule has 1 fully saturated rings. The fourth-order valence-corrected chi connectivity index (χ4v) is 4.70. The molecule has 1 unspecified atom stereocenters. The van der Waals surface area contributed by atoms with Crippen LogP contribution in [-0.4, -0.2) is 50.7 Å². The molecule has 0 aliphatic carbocycles. The van der Waals surface area contributed by atoms with Crippen LogP contribution in [0.3, 0.4) is 0 Å². The third kappa shape index (κ3) is 4.93. The predicted octanol–water partition coefficient (Wildman–Crippen LogP) is 4.77. The van der Waals surface area contributed by atoms with Gasteiger partial charge in [-0.1, -0.05) is 32.3 Å². The van der Waals surface area contributed by atoms with Gasteiger partial charge < -0.3 is 15.3 Å². The van der Waals surface area contributed by atoms with Crippen LogP contribution in [0.4, 0.5) is 5.82 Å². The second-order valence-corrected chi connectivity index (χ2v) is 9.20. The van der Waals surface area contributed by atoms with Gasteiger partial charge in [0.2, 0.25) is 0 Å². The standard InChI is InChI=1S/C25H34N6O/c1-4-5-6-12-25(2)15-20(11-13-26-25)31(3)24-10-9-22(29-30-24)21-8-7-18(14-23(21)32)19-16-27-28-17-19/h7-10,14,16-17,20,26,32H,4-6,11-13,15H2,1-3H3,(H,27,28)/t20-,25?/m0/s1. The van der Waals surface area contributed by atoms with Crippen molar-refractivity contribution in [3.63, 3.8) is 0 Å². The average Bonchev–Trinajstić information content (AvgIpc) is 3.34. The number of nitrogens with zero attached hydrogens (tertiary/aromatic N) is 4. The number of anilines is 1. The highest BCUT2D eigenvalue weighted by atomic mass is 16.3. The zero-order valence-corrected chi connectivity index (χ0v) is 19.3. The molecule has 0 amide bonds. The van der Waals surface area contributed by atoms with E-state index in [1.165, 1.54) is 25.7 Å². The molecule has 1 saturated heterocycles. The van der Waals surface area contributed by atoms with E-state index in [1.54, 1.807) is 18.5 Å². The van der Waals surface area contributed by atoms with Gasteiger partial charge in [0, 0.05) is 36.0 Å². The maximum absolute atomic E-state index is 10.6. The van der Waals surface area contributed by atoms with Crippen LogP contribution in [0.2, 0.25) is 0 Å². The number of rotatable bonds is 8. The molecule has 32 heavy (non-hydrogen) atoms. The van der Waals surface area contributed by atoms with Crippen LogP contribution < -0.4 is 10.2 Å². The normalized spacial score (nSPS) is 20.9. The lowest BCUT2D eigenvalue weighted by Crippen LogP contribution is -2.54. The lowest BCUT2D eigenvalue weighted by molar-refractivity contribution is 0.229. The van der Waals surface area contributed by atoms with E-state index in [9.17, 15) is 5.11 Å². The Labute approximate surface area is 190 Å². The largest absolute Gasteiger partial charge is 0.507 e. The SMILES string of the molecule is CCCCCC1(C)C[C@@H](N(C)c2ccc(-c3ccc(-c4cn[nH]c4)cc3O)nn2)CCN1. The molecule has 0 spiro atoms. The van der Waals surface area contributed by atoms with Crippen molar-refractivity contribution in [2.75, 3.05) is 18.5 Å². The molecule has 1 aliphatic rings. The van der Waals surface area contributed by atoms with E-state index in [4.69, 9.17) is 0 Å². The van der Waals surface area contributed by atoms with Crippen LogP contribution in [0.5, 0.6) is 5.75 Å². The number of unbranched alkanes of at least 4 members (excludes halogenated alkanes) is 2. The second-order valence-electron chi connectivity index (χ2n) is 9.20. The first-order chi connectivity index (χ1) is 15.5. The lowest BCUT2D eigenvalue weighted by atomic mass is 9.83. The smallest absolute Gasteiger partial charge is 0.151 e. The summed E-state index contributed by atoms with van der Waals surface area (Å²) in [6.45, 7) is 5.64. The maximum atomic E-state index is 10.6. The van der Waals surface area contributed by atoms with Gasteiger partial charge in [0.05, 0.1) is 11.9 Å². The van der Waals surface area contributed by atoms with Crippen molar-refractivity contribution in [2.24, 2.45) is 0 Å². The van der Waals surface area contributed by atoms with Gasteiger partial charge in [-0.05, 0) is 62.6 Å². The highest BCUT2D eigenvalue weighted by molar-refractivity contribution is 5.73. The van der Waals surface area contributed by atoms with Gasteiger partial charge in [-0.2, -0.15) is 5.10 Å². The minimum absolute atomic E-state index is 0.181. The van der Waals surface area contributed by atoms with Gasteiger partial charge in [-0.25, -0.2) is 0 Å². The summed E-state index contributed by atoms with van der Waals surface area (Å²) in [7, 11) is 2.11. The van der Waals surface area contributed by atoms with Gasteiger partial charge in [-0.15, -0.1) is 10.2 Å². The molecule has 3 aromatic rings. The van der Waals surface area contributed by atoms with Gasteiger partial charge >= 0.3 is 0 Å². The summed E-state index contributed by atoms with van der Waals surface area (Å²) in [6, 6.07) is 9.94. The van der Waals surface area contributed by atoms with E-state index in [2.05, 4.69) is 51.5 Å². The Hall–Kier alpha value is -2.93. The first kappa shape index (κ1) is 22.3. The van der Waals surface area contributed by atoms with Gasteiger partial charge in [-0.3, -0.25) is 5.10 Å². The van der Waals surface area contributed by atoms with Crippen molar-refractivity contribution >= 4 is 5.82 Å². The number of phenols is 1. The van der Waals surface area contributed by atoms with Crippen LogP contribution >= 0.6 is 0 Å². The van der Waals surface area contributed by atoms with E-state index in [1.807, 2.05) is 24.3 Å². The molecule has 0 bridgehead atoms. The highest BCUT2D eigenvalue weighted by Crippen LogP contribution is 2.33. The van der Waals surface area contributed by atoms with E-state index < -0.39 is 0 Å². The first-order valence-electron chi connectivity index (χ1n) is 11.6. The minimum atomic E-state index is 0.181. The third-order valence-corrected chi connectivity index (χ3v) is 6.71. The quantitative estimate of drug-likeness (QED) is 0.443. The molecule has 4 rings (SSSR count). The molecule has 1 aromatic carbocycles. The number of H-pyrrole nitrogens is 1. The van der Waals surface area contributed by atoms with Crippen molar-refractivity contribution in [2.45, 2.75) is 64.0 Å². The topological polar surface area (TPSA) is 90.0 Å². The lowest BCUT2D eigenvalue weighted by Gasteiger charge is -2.43. The van der Waals surface area contributed by atoms with Crippen LogP contribution in [0.25, 0.3) is 22.4 Å². The maximum Gasteiger partial charge on any atom is 0.151 e. The Balaban J connectivity index is 1.45. The third-order valence-electron chi connectivity index (χ3n) is 6.71. The molecule has 0 saturated carbocycles. The molecule has 2 atom stereocenters. The number of aromatic hydroxyl groups is 1. The molecular formula is C25H34N6O. The van der Waals surface area contributed by atoms with Crippen LogP contribution in [0.15, 0.2) is 42.7 Å². The van der Waals surface area contributed by atoms with E-state index in [0.717, 1.165) is 36.3 Å². The zero-order chi connectivity index (χ0) is 22.6. The van der Waals surface area contributed by atoms with Crippen molar-refractivity contribution in [1.82, 2.24) is 25.7 Å². The second kappa shape index (κ2) is 9.69. The molecule has 2 aromatic heterocycles. The fourth-order valence-electron chi connectivity index (χ4n) is 4.70. The molecule has 170 valence electrons. The summed E-state index contributed by atoms with van der Waals surface area (Å²) in [6.07, 6.45) is 10.8. The molecule has 7 nitrogen and oxygen atoms in total. The van der Waals surface area contributed by atoms with Crippen molar-refractivity contribution < 1.29 is 5.11 Å². The van der Waals surface area contributed by atoms with Crippen LogP contribution in [0.1, 0.15) is 52.4 Å². The van der Waals surface area contributed by atoms with Gasteiger partial charge in [0.1, 0.15) is 5.75 Å². The summed E-state index contributed by atoms with van der Waals surface area (Å²) in [5.74, 6) is 1.05. The predicted molar refractivity (Wildman–Crippen MR) is 129 cm³/mol. The zero-order valence-electron chi connectivity index (χ0n) is 19.3. The van der Waals surface area contributed by atoms with Gasteiger partial charge in [0.25, 0.3) is 0 Å². The molecule has 1 aliphatic heterocycles. The first-order valence-corrected chi connectivity index (χ1v) is 11.6. The van der Waals surface area contributed by atoms with Crippen molar-refractivity contribution in [3.8, 4) is 28.1 Å². The molecule has 0 radical (unpaired) electrons. The van der Waals surface area contributed by atoms with Crippen LogP contribution in [0, 0.1) is 0 Å². The summed E-state index contributed by atoms with van der Waals surface area (Å²) in [5, 5.41) is 30.0. The average molecular weight is 435 g/mol. The van der Waals surface area contributed by atoms with E-state index >= 15 is 0 Å². The molecular weight excluding hydrogens is 400 g/mol. The minimum Gasteiger partial charge on any atom is -0.507 e. The van der Waals surface area contributed by atoms with Crippen LogP contribution in [-0.2, 0) is 0 Å². The van der Waals surface area contributed by atoms with Crippen molar-refractivity contribution in [1.29, 1.82) is 0 Å². The summed E-state index contributed by atoms with van der Waals surface area (Å²) in [4.78, 5) is 2.26. The number of hydrogen-bond donors (Lipinski definition) is 3. The number of aromatic amines is 1. The number of phenolic OH excluding ortho intramolecular Hbond substituents is 1. The van der Waals surface area contributed by atoms with E-state index in [-0.39, 0.29) is 11.3 Å². The highest BCUT2D eigenvalue weighted by Gasteiger charge is 2.33. The number of piperidine rings is 1. The summed E-state index contributed by atoms with van der Waals surface area (Å²) >= 11 is 0. The number of benzene rings is 1. The fraction of sp³-hybridized carbons (Fsp3) is 0.480.